The number of amides is 1. The summed E-state index contributed by atoms with van der Waals surface area (Å²) in [6.45, 7) is 8.24. The molecule has 2 aromatic rings. The van der Waals surface area contributed by atoms with Gasteiger partial charge in [-0.1, -0.05) is 0 Å². The van der Waals surface area contributed by atoms with Gasteiger partial charge in [-0.25, -0.2) is 0 Å². The Morgan fingerprint density at radius 1 is 1.16 bits per heavy atom. The summed E-state index contributed by atoms with van der Waals surface area (Å²) in [5.74, 6) is 0.675. The maximum atomic E-state index is 13.9. The van der Waals surface area contributed by atoms with Crippen molar-refractivity contribution < 1.29 is 13.9 Å². The number of carbonyl (C=O) groups is 1. The molecule has 5 rings (SSSR count). The molecule has 0 aliphatic carbocycles. The summed E-state index contributed by atoms with van der Waals surface area (Å²) in [5, 5.41) is 4.33. The van der Waals surface area contributed by atoms with E-state index in [1.165, 1.54) is 11.1 Å². The summed E-state index contributed by atoms with van der Waals surface area (Å²) in [6, 6.07) is 2.04. The van der Waals surface area contributed by atoms with E-state index in [0.29, 0.717) is 38.1 Å². The molecule has 1 amide bonds. The second-order valence-corrected chi connectivity index (χ2v) is 9.42. The number of fused-ring (bicyclic) bond motifs is 1. The summed E-state index contributed by atoms with van der Waals surface area (Å²) >= 11 is 0. The summed E-state index contributed by atoms with van der Waals surface area (Å²) < 4.78 is 12.7. The van der Waals surface area contributed by atoms with Crippen LogP contribution in [0.3, 0.4) is 0 Å². The highest BCUT2D eigenvalue weighted by molar-refractivity contribution is 5.84. The van der Waals surface area contributed by atoms with Gasteiger partial charge in [0.25, 0.3) is 0 Å². The Hall–Kier alpha value is -2.16. The van der Waals surface area contributed by atoms with Gasteiger partial charge >= 0.3 is 0 Å². The number of furan rings is 1. The van der Waals surface area contributed by atoms with E-state index in [1.807, 2.05) is 30.3 Å². The second-order valence-electron chi connectivity index (χ2n) is 9.42. The van der Waals surface area contributed by atoms with Crippen molar-refractivity contribution in [3.63, 3.8) is 0 Å². The Morgan fingerprint density at radius 3 is 2.71 bits per heavy atom. The summed E-state index contributed by atoms with van der Waals surface area (Å²) in [4.78, 5) is 21.0. The van der Waals surface area contributed by atoms with E-state index >= 15 is 0 Å². The topological polar surface area (TPSA) is 67.0 Å². The van der Waals surface area contributed by atoms with Gasteiger partial charge < -0.3 is 14.1 Å². The second kappa shape index (κ2) is 8.76. The third kappa shape index (κ3) is 4.29. The van der Waals surface area contributed by atoms with Gasteiger partial charge in [0.1, 0.15) is 0 Å². The molecule has 0 unspecified atom stereocenters. The van der Waals surface area contributed by atoms with Crippen LogP contribution in [0.25, 0.3) is 0 Å². The summed E-state index contributed by atoms with van der Waals surface area (Å²) in [7, 11) is 1.95. The monoisotopic (exact) mass is 427 g/mol. The van der Waals surface area contributed by atoms with Gasteiger partial charge in [0.15, 0.2) is 0 Å². The molecule has 3 fully saturated rings. The van der Waals surface area contributed by atoms with Crippen molar-refractivity contribution in [2.24, 2.45) is 18.4 Å². The van der Waals surface area contributed by atoms with E-state index in [9.17, 15) is 4.79 Å². The lowest BCUT2D eigenvalue weighted by Crippen LogP contribution is -2.52. The minimum Gasteiger partial charge on any atom is -0.472 e. The van der Waals surface area contributed by atoms with Gasteiger partial charge in [0.2, 0.25) is 5.91 Å². The fourth-order valence-corrected chi connectivity index (χ4v) is 5.76. The molecule has 0 bridgehead atoms. The van der Waals surface area contributed by atoms with Crippen LogP contribution in [0, 0.1) is 11.3 Å². The molecule has 168 valence electrons. The van der Waals surface area contributed by atoms with Crippen LogP contribution in [0.1, 0.15) is 24.0 Å². The zero-order valence-electron chi connectivity index (χ0n) is 18.4. The molecule has 0 radical (unpaired) electrons. The molecule has 8 nitrogen and oxygen atoms in total. The maximum absolute atomic E-state index is 13.9. The standard InChI is InChI=1S/C23H33N5O3/c1-25-12-20(11-24-25)14-27-16-21-15-26(13-19-3-8-31-17-19)5-2-4-23(21,18-27)22(29)28-6-9-30-10-7-28/h3,8,11-12,17,21H,2,4-7,9-10,13-16,18H2,1H3/t21-,23-/m0/s1. The normalized spacial score (nSPS) is 27.9. The lowest BCUT2D eigenvalue weighted by atomic mass is 9.73. The highest BCUT2D eigenvalue weighted by Crippen LogP contribution is 2.45. The summed E-state index contributed by atoms with van der Waals surface area (Å²) in [5.41, 5.74) is 2.12. The van der Waals surface area contributed by atoms with Crippen molar-refractivity contribution in [2.45, 2.75) is 25.9 Å². The third-order valence-electron chi connectivity index (χ3n) is 7.22. The molecule has 3 saturated heterocycles. The van der Waals surface area contributed by atoms with E-state index in [1.54, 1.807) is 6.26 Å². The molecule has 8 heteroatoms. The van der Waals surface area contributed by atoms with Crippen LogP contribution in [0.15, 0.2) is 35.4 Å². The van der Waals surface area contributed by atoms with Gasteiger partial charge in [-0.3, -0.25) is 19.3 Å². The van der Waals surface area contributed by atoms with Crippen molar-refractivity contribution in [3.05, 3.63) is 42.1 Å². The predicted octanol–water partition coefficient (Wildman–Crippen LogP) is 1.59. The van der Waals surface area contributed by atoms with Crippen LogP contribution in [-0.4, -0.2) is 82.9 Å². The Kier molecular flexibility index (Phi) is 5.86. The number of aromatic nitrogens is 2. The predicted molar refractivity (Wildman–Crippen MR) is 115 cm³/mol. The van der Waals surface area contributed by atoms with E-state index in [4.69, 9.17) is 9.15 Å². The number of rotatable bonds is 5. The molecule has 0 saturated carbocycles. The number of hydrogen-bond acceptors (Lipinski definition) is 6. The summed E-state index contributed by atoms with van der Waals surface area (Å²) in [6.07, 6.45) is 9.60. The fraction of sp³-hybridized carbons (Fsp3) is 0.652. The number of ether oxygens (including phenoxy) is 1. The van der Waals surface area contributed by atoms with Gasteiger partial charge in [-0.05, 0) is 31.4 Å². The minimum absolute atomic E-state index is 0.301. The molecule has 2 atom stereocenters. The van der Waals surface area contributed by atoms with Gasteiger partial charge in [-0.2, -0.15) is 5.10 Å². The molecule has 31 heavy (non-hydrogen) atoms. The van der Waals surface area contributed by atoms with Gasteiger partial charge in [-0.15, -0.1) is 0 Å². The number of aryl methyl sites for hydroxylation is 1. The minimum atomic E-state index is -0.301. The lowest BCUT2D eigenvalue weighted by molar-refractivity contribution is -0.148. The highest BCUT2D eigenvalue weighted by atomic mass is 16.5. The Labute approximate surface area is 183 Å². The number of hydrogen-bond donors (Lipinski definition) is 0. The highest BCUT2D eigenvalue weighted by Gasteiger charge is 2.54. The first-order chi connectivity index (χ1) is 15.1. The SMILES string of the molecule is Cn1cc(CN2C[C@@H]3CN(Cc4ccoc4)CCC[C@]3(C(=O)N3CCOCC3)C2)cn1. The fourth-order valence-electron chi connectivity index (χ4n) is 5.76. The van der Waals surface area contributed by atoms with Crippen molar-refractivity contribution >= 4 is 5.91 Å². The average molecular weight is 428 g/mol. The van der Waals surface area contributed by atoms with Crippen LogP contribution in [0.2, 0.25) is 0 Å². The van der Waals surface area contributed by atoms with Crippen LogP contribution in [0.5, 0.6) is 0 Å². The smallest absolute Gasteiger partial charge is 0.230 e. The largest absolute Gasteiger partial charge is 0.472 e. The zero-order valence-corrected chi connectivity index (χ0v) is 18.4. The molecule has 3 aliphatic rings. The Bertz CT molecular complexity index is 876. The van der Waals surface area contributed by atoms with Crippen molar-refractivity contribution in [1.82, 2.24) is 24.5 Å². The molecule has 0 N–H and O–H groups in total. The first-order valence-corrected chi connectivity index (χ1v) is 11.4. The zero-order chi connectivity index (χ0) is 21.3. The number of likely N-dealkylation sites (tertiary alicyclic amines) is 2. The molecular formula is C23H33N5O3. The number of morpholine rings is 1. The van der Waals surface area contributed by atoms with Crippen molar-refractivity contribution in [1.29, 1.82) is 0 Å². The maximum Gasteiger partial charge on any atom is 0.230 e. The molecular weight excluding hydrogens is 394 g/mol. The molecule has 0 aromatic carbocycles. The molecule has 5 heterocycles. The van der Waals surface area contributed by atoms with E-state index in [-0.39, 0.29) is 5.41 Å². The Balaban J connectivity index is 1.37. The van der Waals surface area contributed by atoms with E-state index in [2.05, 4.69) is 26.0 Å². The van der Waals surface area contributed by atoms with Crippen molar-refractivity contribution in [2.75, 3.05) is 52.5 Å². The quantitative estimate of drug-likeness (QED) is 0.722. The first-order valence-electron chi connectivity index (χ1n) is 11.4. The van der Waals surface area contributed by atoms with Gasteiger partial charge in [0.05, 0.1) is 37.4 Å². The van der Waals surface area contributed by atoms with Crippen LogP contribution >= 0.6 is 0 Å². The molecule has 2 aromatic heterocycles. The first kappa shape index (κ1) is 20.7. The molecule has 3 aliphatic heterocycles. The van der Waals surface area contributed by atoms with Crippen LogP contribution in [0.4, 0.5) is 0 Å². The average Bonchev–Trinajstić information content (AvgIpc) is 3.48. The third-order valence-corrected chi connectivity index (χ3v) is 7.22. The lowest BCUT2D eigenvalue weighted by Gasteiger charge is -2.39. The van der Waals surface area contributed by atoms with E-state index in [0.717, 1.165) is 52.1 Å². The van der Waals surface area contributed by atoms with Crippen molar-refractivity contribution in [3.8, 4) is 0 Å². The Morgan fingerprint density at radius 2 is 1.97 bits per heavy atom. The van der Waals surface area contributed by atoms with Crippen LogP contribution in [-0.2, 0) is 29.7 Å². The van der Waals surface area contributed by atoms with Gasteiger partial charge in [0, 0.05) is 70.2 Å². The number of nitrogens with zero attached hydrogens (tertiary/aromatic N) is 5. The van der Waals surface area contributed by atoms with E-state index < -0.39 is 0 Å². The van der Waals surface area contributed by atoms with Crippen LogP contribution < -0.4 is 0 Å². The molecule has 0 spiro atoms. The number of carbonyl (C=O) groups excluding carboxylic acids is 1.